The molecular weight excluding hydrogens is 420 g/mol. The van der Waals surface area contributed by atoms with Crippen LogP contribution >= 0.6 is 11.3 Å². The molecule has 1 amide bonds. The van der Waals surface area contributed by atoms with E-state index in [1.807, 2.05) is 39.8 Å². The Hall–Kier alpha value is -2.93. The number of hydrogen-bond acceptors (Lipinski definition) is 6. The highest BCUT2D eigenvalue weighted by Gasteiger charge is 2.16. The number of anilines is 2. The van der Waals surface area contributed by atoms with Gasteiger partial charge in [-0.05, 0) is 74.4 Å². The highest BCUT2D eigenvalue weighted by atomic mass is 32.1. The van der Waals surface area contributed by atoms with E-state index in [-0.39, 0.29) is 12.5 Å². The minimum absolute atomic E-state index is 0.0411. The maximum atomic E-state index is 12.7. The van der Waals surface area contributed by atoms with E-state index >= 15 is 0 Å². The first-order valence-electron chi connectivity index (χ1n) is 10.9. The summed E-state index contributed by atoms with van der Waals surface area (Å²) >= 11 is 1.53. The first-order chi connectivity index (χ1) is 15.2. The highest BCUT2D eigenvalue weighted by molar-refractivity contribution is 7.22. The van der Waals surface area contributed by atoms with E-state index in [0.717, 1.165) is 61.2 Å². The Bertz CT molecular complexity index is 1160. The minimum atomic E-state index is -0.183. The monoisotopic (exact) mass is 452 g/mol. The van der Waals surface area contributed by atoms with Crippen LogP contribution in [0.1, 0.15) is 62.3 Å². The van der Waals surface area contributed by atoms with Crippen LogP contribution in [0, 0.1) is 20.8 Å². The topological polar surface area (TPSA) is 75.6 Å². The Morgan fingerprint density at radius 1 is 1.22 bits per heavy atom. The van der Waals surface area contributed by atoms with E-state index in [2.05, 4.69) is 53.7 Å². The zero-order valence-corrected chi connectivity index (χ0v) is 20.7. The lowest BCUT2D eigenvalue weighted by Crippen LogP contribution is -2.21. The summed E-state index contributed by atoms with van der Waals surface area (Å²) in [6.07, 6.45) is 0.884. The van der Waals surface area contributed by atoms with Crippen LogP contribution in [0.15, 0.2) is 29.4 Å². The molecule has 0 radical (unpaired) electrons. The molecule has 0 aliphatic heterocycles. The van der Waals surface area contributed by atoms with Crippen molar-refractivity contribution in [2.75, 3.05) is 17.3 Å². The Morgan fingerprint density at radius 2 is 1.97 bits per heavy atom. The number of ether oxygens (including phenoxy) is 1. The van der Waals surface area contributed by atoms with Crippen molar-refractivity contribution in [3.05, 3.63) is 46.5 Å². The lowest BCUT2D eigenvalue weighted by atomic mass is 10.0. The van der Waals surface area contributed by atoms with Gasteiger partial charge in [-0.1, -0.05) is 44.2 Å². The van der Waals surface area contributed by atoms with Gasteiger partial charge in [0.2, 0.25) is 5.13 Å². The molecule has 7 heteroatoms. The predicted octanol–water partition coefficient (Wildman–Crippen LogP) is 6.56. The first kappa shape index (κ1) is 23.7. The van der Waals surface area contributed by atoms with Crippen molar-refractivity contribution in [1.82, 2.24) is 4.98 Å². The van der Waals surface area contributed by atoms with Gasteiger partial charge in [-0.15, -0.1) is 0 Å². The van der Waals surface area contributed by atoms with E-state index in [0.29, 0.717) is 5.92 Å². The van der Waals surface area contributed by atoms with Crippen molar-refractivity contribution in [2.45, 2.75) is 60.8 Å². The average molecular weight is 453 g/mol. The zero-order chi connectivity index (χ0) is 23.4. The van der Waals surface area contributed by atoms with Gasteiger partial charge in [0.1, 0.15) is 5.75 Å². The fourth-order valence-corrected chi connectivity index (χ4v) is 4.30. The van der Waals surface area contributed by atoms with Crippen molar-refractivity contribution in [3.8, 4) is 5.75 Å². The average Bonchev–Trinajstić information content (AvgIpc) is 3.16. The van der Waals surface area contributed by atoms with Gasteiger partial charge in [0.05, 0.1) is 10.2 Å². The van der Waals surface area contributed by atoms with Crippen LogP contribution in [0.5, 0.6) is 5.75 Å². The van der Waals surface area contributed by atoms with E-state index in [9.17, 15) is 4.79 Å². The van der Waals surface area contributed by atoms with Gasteiger partial charge in [-0.2, -0.15) is 5.10 Å². The van der Waals surface area contributed by atoms with Crippen LogP contribution in [0.4, 0.5) is 10.8 Å². The number of fused-ring (bicyclic) bond motifs is 1. The third kappa shape index (κ3) is 5.46. The molecule has 3 rings (SSSR count). The Balaban J connectivity index is 1.77. The molecule has 0 aliphatic rings. The number of nitrogens with one attached hydrogen (secondary N) is 2. The third-order valence-corrected chi connectivity index (χ3v) is 6.48. The maximum Gasteiger partial charge on any atom is 0.262 e. The normalized spacial score (nSPS) is 11.8. The van der Waals surface area contributed by atoms with Crippen molar-refractivity contribution in [2.24, 2.45) is 5.10 Å². The number of hydrazone groups is 1. The molecule has 0 atom stereocenters. The summed E-state index contributed by atoms with van der Waals surface area (Å²) in [5.41, 5.74) is 9.92. The molecule has 6 nitrogen and oxygen atoms in total. The Morgan fingerprint density at radius 3 is 2.66 bits per heavy atom. The molecule has 0 saturated carbocycles. The molecule has 0 saturated heterocycles. The molecule has 3 aromatic rings. The van der Waals surface area contributed by atoms with Gasteiger partial charge in [-0.25, -0.2) is 4.98 Å². The standard InChI is InChI=1S/C25H32N4O2S/c1-8-17(6)28-29-25-26-20-12-16(5)23(18(7)24(20)32-25)27-22(30)13-31-21-11-15(4)9-10-19(21)14(2)3/h9-12,14H,8,13H2,1-7H3,(H,26,29)(H,27,30)/b28-17-. The number of benzene rings is 2. The molecule has 1 aromatic heterocycles. The number of rotatable bonds is 8. The van der Waals surface area contributed by atoms with Crippen LogP contribution in [-0.2, 0) is 4.79 Å². The number of amides is 1. The van der Waals surface area contributed by atoms with E-state index in [1.165, 1.54) is 11.3 Å². The van der Waals surface area contributed by atoms with Crippen LogP contribution in [0.3, 0.4) is 0 Å². The van der Waals surface area contributed by atoms with Crippen molar-refractivity contribution < 1.29 is 9.53 Å². The smallest absolute Gasteiger partial charge is 0.262 e. The lowest BCUT2D eigenvalue weighted by molar-refractivity contribution is -0.118. The fourth-order valence-electron chi connectivity index (χ4n) is 3.41. The molecule has 1 heterocycles. The molecular formula is C25H32N4O2S. The molecule has 0 unspecified atom stereocenters. The van der Waals surface area contributed by atoms with E-state index < -0.39 is 0 Å². The van der Waals surface area contributed by atoms with Gasteiger partial charge in [0.25, 0.3) is 5.91 Å². The molecule has 0 spiro atoms. The van der Waals surface area contributed by atoms with Crippen LogP contribution in [-0.4, -0.2) is 23.2 Å². The summed E-state index contributed by atoms with van der Waals surface area (Å²) in [5, 5.41) is 8.12. The molecule has 32 heavy (non-hydrogen) atoms. The van der Waals surface area contributed by atoms with Gasteiger partial charge >= 0.3 is 0 Å². The van der Waals surface area contributed by atoms with Crippen LogP contribution in [0.2, 0.25) is 0 Å². The molecule has 0 bridgehead atoms. The van der Waals surface area contributed by atoms with Crippen LogP contribution < -0.4 is 15.5 Å². The molecule has 0 fully saturated rings. The summed E-state index contributed by atoms with van der Waals surface area (Å²) in [6, 6.07) is 8.11. The lowest BCUT2D eigenvalue weighted by Gasteiger charge is -2.16. The van der Waals surface area contributed by atoms with E-state index in [4.69, 9.17) is 4.74 Å². The Kier molecular flexibility index (Phi) is 7.51. The SMILES string of the molecule is CC/C(C)=N\Nc1nc2cc(C)c(NC(=O)COc3cc(C)ccc3C(C)C)c(C)c2s1. The largest absolute Gasteiger partial charge is 0.483 e. The highest BCUT2D eigenvalue weighted by Crippen LogP contribution is 2.35. The summed E-state index contributed by atoms with van der Waals surface area (Å²) in [4.78, 5) is 17.4. The van der Waals surface area contributed by atoms with Crippen molar-refractivity contribution >= 4 is 44.0 Å². The number of carbonyl (C=O) groups excluding carboxylic acids is 1. The zero-order valence-electron chi connectivity index (χ0n) is 19.9. The number of nitrogens with zero attached hydrogens (tertiary/aromatic N) is 2. The number of hydrogen-bond donors (Lipinski definition) is 2. The second kappa shape index (κ2) is 10.1. The number of thiazole rings is 1. The minimum Gasteiger partial charge on any atom is -0.483 e. The molecule has 2 N–H and O–H groups in total. The number of aryl methyl sites for hydroxylation is 3. The number of aromatic nitrogens is 1. The van der Waals surface area contributed by atoms with E-state index in [1.54, 1.807) is 0 Å². The molecule has 0 aliphatic carbocycles. The second-order valence-electron chi connectivity index (χ2n) is 8.41. The molecule has 170 valence electrons. The Labute approximate surface area is 194 Å². The number of carbonyl (C=O) groups is 1. The molecule has 2 aromatic carbocycles. The van der Waals surface area contributed by atoms with Gasteiger partial charge in [-0.3, -0.25) is 10.2 Å². The fraction of sp³-hybridized carbons (Fsp3) is 0.400. The second-order valence-corrected chi connectivity index (χ2v) is 9.41. The summed E-state index contributed by atoms with van der Waals surface area (Å²) < 4.78 is 6.93. The summed E-state index contributed by atoms with van der Waals surface area (Å²) in [6.45, 7) is 14.2. The van der Waals surface area contributed by atoms with Gasteiger partial charge in [0, 0.05) is 11.4 Å². The van der Waals surface area contributed by atoms with Crippen molar-refractivity contribution in [1.29, 1.82) is 0 Å². The quantitative estimate of drug-likeness (QED) is 0.300. The maximum absolute atomic E-state index is 12.7. The van der Waals surface area contributed by atoms with Crippen LogP contribution in [0.25, 0.3) is 10.2 Å². The van der Waals surface area contributed by atoms with Gasteiger partial charge < -0.3 is 10.1 Å². The van der Waals surface area contributed by atoms with Crippen molar-refractivity contribution in [3.63, 3.8) is 0 Å². The van der Waals surface area contributed by atoms with Gasteiger partial charge in [0.15, 0.2) is 6.61 Å². The first-order valence-corrected chi connectivity index (χ1v) is 11.7. The predicted molar refractivity (Wildman–Crippen MR) is 136 cm³/mol. The summed E-state index contributed by atoms with van der Waals surface area (Å²) in [5.74, 6) is 0.901. The third-order valence-electron chi connectivity index (χ3n) is 5.38. The summed E-state index contributed by atoms with van der Waals surface area (Å²) in [7, 11) is 0.